The van der Waals surface area contributed by atoms with Crippen molar-refractivity contribution in [3.8, 4) is 0 Å². The number of hydrogen-bond acceptors (Lipinski definition) is 5. The molecule has 3 heterocycles. The van der Waals surface area contributed by atoms with Gasteiger partial charge in [0.2, 0.25) is 0 Å². The lowest BCUT2D eigenvalue weighted by atomic mass is 10.00. The zero-order valence-electron chi connectivity index (χ0n) is 16.1. The van der Waals surface area contributed by atoms with Crippen molar-refractivity contribution < 1.29 is 9.32 Å². The Balaban J connectivity index is 0.00000225. The molecule has 1 aliphatic heterocycles. The highest BCUT2D eigenvalue weighted by Crippen LogP contribution is 2.26. The molecule has 4 rings (SSSR count). The average Bonchev–Trinajstić information content (AvgIpc) is 3.15. The highest BCUT2D eigenvalue weighted by Gasteiger charge is 2.29. The van der Waals surface area contributed by atoms with Crippen molar-refractivity contribution in [2.75, 3.05) is 19.6 Å². The highest BCUT2D eigenvalue weighted by molar-refractivity contribution is 5.97. The van der Waals surface area contributed by atoms with Crippen molar-refractivity contribution in [1.82, 2.24) is 20.4 Å². The minimum absolute atomic E-state index is 0. The van der Waals surface area contributed by atoms with Gasteiger partial charge in [0.05, 0.1) is 22.7 Å². The minimum atomic E-state index is -0.00118. The molecule has 0 bridgehead atoms. The van der Waals surface area contributed by atoms with Crippen LogP contribution in [0.5, 0.6) is 0 Å². The van der Waals surface area contributed by atoms with Gasteiger partial charge >= 0.3 is 0 Å². The first kappa shape index (κ1) is 20.3. The molecule has 1 N–H and O–H groups in total. The summed E-state index contributed by atoms with van der Waals surface area (Å²) >= 11 is 0. The third-order valence-corrected chi connectivity index (χ3v) is 5.26. The van der Waals surface area contributed by atoms with E-state index in [2.05, 4.69) is 46.6 Å². The Hall–Kier alpha value is -2.44. The summed E-state index contributed by atoms with van der Waals surface area (Å²) in [7, 11) is 0. The van der Waals surface area contributed by atoms with Crippen LogP contribution in [0.15, 0.2) is 41.1 Å². The number of aryl methyl sites for hydroxylation is 2. The summed E-state index contributed by atoms with van der Waals surface area (Å²) in [6, 6.07) is 10.4. The van der Waals surface area contributed by atoms with Crippen LogP contribution in [0.3, 0.4) is 0 Å². The smallest absolute Gasteiger partial charge is 0.257 e. The fourth-order valence-electron chi connectivity index (χ4n) is 3.64. The van der Waals surface area contributed by atoms with E-state index in [-0.39, 0.29) is 24.4 Å². The van der Waals surface area contributed by atoms with E-state index in [4.69, 9.17) is 4.52 Å². The molecule has 1 amide bonds. The lowest BCUT2D eigenvalue weighted by Crippen LogP contribution is -2.48. The summed E-state index contributed by atoms with van der Waals surface area (Å²) in [5.41, 5.74) is 4.35. The predicted octanol–water partition coefficient (Wildman–Crippen LogP) is 3.56. The maximum atomic E-state index is 13.3. The Morgan fingerprint density at radius 1 is 1.25 bits per heavy atom. The lowest BCUT2D eigenvalue weighted by molar-refractivity contribution is 0.0634. The fraction of sp³-hybridized carbons (Fsp3) is 0.381. The molecule has 0 spiro atoms. The summed E-state index contributed by atoms with van der Waals surface area (Å²) < 4.78 is 5.24. The van der Waals surface area contributed by atoms with Crippen LogP contribution in [0, 0.1) is 0 Å². The standard InChI is InChI=1S/C21H24N4O2.ClH/c1-3-14-5-7-15(8-6-14)19-13-22-9-10-25(19)21(26)16-11-17-18(4-2)24-27-20(17)23-12-16;/h5-8,11-12,19,22H,3-4,9-10,13H2,1-2H3;1H. The molecule has 0 saturated carbocycles. The van der Waals surface area contributed by atoms with Gasteiger partial charge in [0, 0.05) is 25.8 Å². The number of carbonyl (C=O) groups is 1. The van der Waals surface area contributed by atoms with Crippen molar-refractivity contribution in [3.63, 3.8) is 0 Å². The molecule has 0 aliphatic carbocycles. The minimum Gasteiger partial charge on any atom is -0.336 e. The van der Waals surface area contributed by atoms with Gasteiger partial charge in [-0.05, 0) is 30.0 Å². The number of fused-ring (bicyclic) bond motifs is 1. The van der Waals surface area contributed by atoms with E-state index in [9.17, 15) is 4.79 Å². The van der Waals surface area contributed by atoms with Crippen LogP contribution in [-0.4, -0.2) is 40.6 Å². The molecule has 0 radical (unpaired) electrons. The van der Waals surface area contributed by atoms with E-state index in [1.54, 1.807) is 6.20 Å². The number of pyridine rings is 1. The Morgan fingerprint density at radius 2 is 2.04 bits per heavy atom. The van der Waals surface area contributed by atoms with Crippen LogP contribution in [0.25, 0.3) is 11.1 Å². The molecule has 1 atom stereocenters. The Morgan fingerprint density at radius 3 is 2.75 bits per heavy atom. The normalized spacial score (nSPS) is 16.8. The number of nitrogens with one attached hydrogen (secondary N) is 1. The number of halogens is 1. The van der Waals surface area contributed by atoms with E-state index in [1.807, 2.05) is 17.9 Å². The quantitative estimate of drug-likeness (QED) is 0.725. The topological polar surface area (TPSA) is 71.3 Å². The zero-order chi connectivity index (χ0) is 18.8. The number of carbonyl (C=O) groups excluding carboxylic acids is 1. The SMILES string of the molecule is CCc1ccc(C2CNCCN2C(=O)c2cnc3onc(CC)c3c2)cc1.Cl. The van der Waals surface area contributed by atoms with Crippen molar-refractivity contribution in [3.05, 3.63) is 58.9 Å². The van der Waals surface area contributed by atoms with Crippen LogP contribution in [0.4, 0.5) is 0 Å². The first-order valence-electron chi connectivity index (χ1n) is 9.56. The summed E-state index contributed by atoms with van der Waals surface area (Å²) in [4.78, 5) is 19.5. The molecular formula is C21H25ClN4O2. The van der Waals surface area contributed by atoms with E-state index < -0.39 is 0 Å². The molecule has 1 aromatic carbocycles. The third kappa shape index (κ3) is 3.75. The van der Waals surface area contributed by atoms with Gasteiger partial charge in [-0.2, -0.15) is 0 Å². The molecule has 7 heteroatoms. The average molecular weight is 401 g/mol. The molecule has 2 aromatic heterocycles. The van der Waals surface area contributed by atoms with Gasteiger partial charge in [-0.3, -0.25) is 4.79 Å². The van der Waals surface area contributed by atoms with Gasteiger partial charge < -0.3 is 14.7 Å². The second-order valence-corrected chi connectivity index (χ2v) is 6.87. The molecular weight excluding hydrogens is 376 g/mol. The van der Waals surface area contributed by atoms with Crippen LogP contribution in [0.1, 0.15) is 47.1 Å². The Labute approximate surface area is 170 Å². The summed E-state index contributed by atoms with van der Waals surface area (Å²) in [6.07, 6.45) is 3.34. The molecule has 28 heavy (non-hydrogen) atoms. The van der Waals surface area contributed by atoms with Gasteiger partial charge in [-0.15, -0.1) is 12.4 Å². The fourth-order valence-corrected chi connectivity index (χ4v) is 3.64. The van der Waals surface area contributed by atoms with Crippen LogP contribution in [-0.2, 0) is 12.8 Å². The molecule has 1 fully saturated rings. The molecule has 6 nitrogen and oxygen atoms in total. The number of amides is 1. The largest absolute Gasteiger partial charge is 0.336 e. The lowest BCUT2D eigenvalue weighted by Gasteiger charge is -2.36. The summed E-state index contributed by atoms with van der Waals surface area (Å²) in [5, 5.41) is 8.26. The van der Waals surface area contributed by atoms with Gasteiger partial charge in [0.1, 0.15) is 0 Å². The van der Waals surface area contributed by atoms with E-state index in [1.165, 1.54) is 5.56 Å². The number of piperazine rings is 1. The second-order valence-electron chi connectivity index (χ2n) is 6.87. The number of rotatable bonds is 4. The van der Waals surface area contributed by atoms with E-state index >= 15 is 0 Å². The first-order chi connectivity index (χ1) is 13.2. The van der Waals surface area contributed by atoms with Crippen LogP contribution in [0.2, 0.25) is 0 Å². The van der Waals surface area contributed by atoms with Gasteiger partial charge in [0.25, 0.3) is 11.6 Å². The van der Waals surface area contributed by atoms with Crippen molar-refractivity contribution >= 4 is 29.4 Å². The monoisotopic (exact) mass is 400 g/mol. The summed E-state index contributed by atoms with van der Waals surface area (Å²) in [5.74, 6) is -0.00118. The third-order valence-electron chi connectivity index (χ3n) is 5.26. The molecule has 3 aromatic rings. The number of nitrogens with zero attached hydrogens (tertiary/aromatic N) is 3. The van der Waals surface area contributed by atoms with Crippen LogP contribution >= 0.6 is 12.4 Å². The van der Waals surface area contributed by atoms with Gasteiger partial charge in [-0.1, -0.05) is 43.3 Å². The molecule has 1 unspecified atom stereocenters. The molecule has 1 saturated heterocycles. The van der Waals surface area contributed by atoms with Crippen molar-refractivity contribution in [2.45, 2.75) is 32.7 Å². The Bertz CT molecular complexity index is 955. The Kier molecular flexibility index (Phi) is 6.31. The molecule has 148 valence electrons. The number of hydrogen-bond donors (Lipinski definition) is 1. The predicted molar refractivity (Wildman–Crippen MR) is 111 cm³/mol. The maximum Gasteiger partial charge on any atom is 0.257 e. The van der Waals surface area contributed by atoms with E-state index in [0.717, 1.165) is 42.6 Å². The summed E-state index contributed by atoms with van der Waals surface area (Å²) in [6.45, 7) is 6.36. The van der Waals surface area contributed by atoms with Gasteiger partial charge in [-0.25, -0.2) is 4.98 Å². The maximum absolute atomic E-state index is 13.3. The van der Waals surface area contributed by atoms with Crippen molar-refractivity contribution in [2.24, 2.45) is 0 Å². The van der Waals surface area contributed by atoms with Crippen molar-refractivity contribution in [1.29, 1.82) is 0 Å². The number of aromatic nitrogens is 2. The first-order valence-corrected chi connectivity index (χ1v) is 9.56. The molecule has 1 aliphatic rings. The second kappa shape index (κ2) is 8.71. The van der Waals surface area contributed by atoms with E-state index in [0.29, 0.717) is 17.8 Å². The zero-order valence-corrected chi connectivity index (χ0v) is 17.0. The van der Waals surface area contributed by atoms with Crippen LogP contribution < -0.4 is 5.32 Å². The highest BCUT2D eigenvalue weighted by atomic mass is 35.5. The number of benzene rings is 1. The van der Waals surface area contributed by atoms with Gasteiger partial charge in [0.15, 0.2) is 0 Å².